The lowest BCUT2D eigenvalue weighted by molar-refractivity contribution is -0.121. The molecule has 0 aliphatic carbocycles. The smallest absolute Gasteiger partial charge is 0.261 e. The van der Waals surface area contributed by atoms with Crippen LogP contribution in [0.2, 0.25) is 5.02 Å². The van der Waals surface area contributed by atoms with Crippen molar-refractivity contribution in [2.45, 2.75) is 31.2 Å². The van der Waals surface area contributed by atoms with Crippen LogP contribution in [0.5, 0.6) is 0 Å². The molecule has 0 unspecified atom stereocenters. The first kappa shape index (κ1) is 24.3. The van der Waals surface area contributed by atoms with Gasteiger partial charge in [-0.15, -0.1) is 0 Å². The molecule has 1 amide bonds. The zero-order valence-corrected chi connectivity index (χ0v) is 20.6. The topological polar surface area (TPSA) is 78.5 Å². The van der Waals surface area contributed by atoms with E-state index >= 15 is 0 Å². The van der Waals surface area contributed by atoms with E-state index in [1.165, 1.54) is 12.1 Å². The van der Waals surface area contributed by atoms with Gasteiger partial charge in [0.05, 0.1) is 4.90 Å². The second-order valence-corrected chi connectivity index (χ2v) is 10.7. The Labute approximate surface area is 206 Å². The third-order valence-corrected chi connectivity index (χ3v) is 7.78. The van der Waals surface area contributed by atoms with Gasteiger partial charge in [0.15, 0.2) is 0 Å². The summed E-state index contributed by atoms with van der Waals surface area (Å²) in [6.45, 7) is 4.33. The van der Waals surface area contributed by atoms with Crippen molar-refractivity contribution >= 4 is 38.9 Å². The molecule has 0 aromatic heterocycles. The lowest BCUT2D eigenvalue weighted by Gasteiger charge is -2.31. The predicted octanol–water partition coefficient (Wildman–Crippen LogP) is 5.30. The molecule has 1 aliphatic rings. The number of hydrogen-bond donors (Lipinski definition) is 2. The molecule has 1 aliphatic heterocycles. The summed E-state index contributed by atoms with van der Waals surface area (Å²) >= 11 is 6.27. The lowest BCUT2D eigenvalue weighted by Crippen LogP contribution is -2.37. The second-order valence-electron chi connectivity index (χ2n) is 8.63. The molecule has 178 valence electrons. The van der Waals surface area contributed by atoms with Gasteiger partial charge < -0.3 is 5.32 Å². The van der Waals surface area contributed by atoms with Gasteiger partial charge in [0, 0.05) is 28.9 Å². The number of benzene rings is 3. The first-order chi connectivity index (χ1) is 16.3. The number of rotatable bonds is 7. The summed E-state index contributed by atoms with van der Waals surface area (Å²) < 4.78 is 27.9. The number of anilines is 2. The van der Waals surface area contributed by atoms with Gasteiger partial charge in [0.25, 0.3) is 10.0 Å². The monoisotopic (exact) mass is 497 g/mol. The van der Waals surface area contributed by atoms with Crippen molar-refractivity contribution in [3.05, 3.63) is 88.9 Å². The van der Waals surface area contributed by atoms with Gasteiger partial charge in [-0.3, -0.25) is 14.4 Å². The van der Waals surface area contributed by atoms with Crippen LogP contribution in [-0.4, -0.2) is 32.3 Å². The van der Waals surface area contributed by atoms with E-state index in [1.54, 1.807) is 30.3 Å². The number of aryl methyl sites for hydroxylation is 1. The maximum atomic E-state index is 12.8. The molecule has 1 heterocycles. The van der Waals surface area contributed by atoms with E-state index in [-0.39, 0.29) is 16.7 Å². The number of sulfonamides is 1. The Morgan fingerprint density at radius 1 is 0.971 bits per heavy atom. The number of carbonyl (C=O) groups excluding carboxylic acids is 1. The molecular weight excluding hydrogens is 470 g/mol. The molecule has 1 saturated heterocycles. The quantitative estimate of drug-likeness (QED) is 0.464. The van der Waals surface area contributed by atoms with Crippen LogP contribution in [0.15, 0.2) is 77.7 Å². The Balaban J connectivity index is 1.30. The number of halogens is 1. The largest absolute Gasteiger partial charge is 0.326 e. The maximum absolute atomic E-state index is 12.8. The van der Waals surface area contributed by atoms with Crippen molar-refractivity contribution in [2.75, 3.05) is 23.1 Å². The van der Waals surface area contributed by atoms with Crippen LogP contribution in [0, 0.1) is 12.8 Å². The molecule has 6 nitrogen and oxygen atoms in total. The predicted molar refractivity (Wildman–Crippen MR) is 137 cm³/mol. The molecule has 0 spiro atoms. The fourth-order valence-electron chi connectivity index (χ4n) is 4.11. The van der Waals surface area contributed by atoms with Gasteiger partial charge in [0.1, 0.15) is 0 Å². The average Bonchev–Trinajstić information content (AvgIpc) is 2.81. The minimum absolute atomic E-state index is 0.0362. The van der Waals surface area contributed by atoms with E-state index in [0.717, 1.165) is 48.6 Å². The highest BCUT2D eigenvalue weighted by atomic mass is 35.5. The number of amides is 1. The van der Waals surface area contributed by atoms with Crippen molar-refractivity contribution in [1.82, 2.24) is 4.90 Å². The van der Waals surface area contributed by atoms with Crippen LogP contribution >= 0.6 is 11.6 Å². The van der Waals surface area contributed by atoms with Gasteiger partial charge in [-0.1, -0.05) is 41.9 Å². The van der Waals surface area contributed by atoms with E-state index < -0.39 is 10.0 Å². The second kappa shape index (κ2) is 10.6. The van der Waals surface area contributed by atoms with Crippen molar-refractivity contribution in [3.8, 4) is 0 Å². The van der Waals surface area contributed by atoms with Crippen molar-refractivity contribution in [1.29, 1.82) is 0 Å². The Kier molecular flexibility index (Phi) is 7.56. The highest BCUT2D eigenvalue weighted by Crippen LogP contribution is 2.24. The molecular formula is C26H28ClN3O3S. The number of nitrogens with zero attached hydrogens (tertiary/aromatic N) is 1. The number of piperidine rings is 1. The molecule has 1 fully saturated rings. The molecule has 3 aromatic carbocycles. The highest BCUT2D eigenvalue weighted by Gasteiger charge is 2.25. The summed E-state index contributed by atoms with van der Waals surface area (Å²) in [7, 11) is -3.71. The summed E-state index contributed by atoms with van der Waals surface area (Å²) in [6, 6.07) is 21.2. The fourth-order valence-corrected chi connectivity index (χ4v) is 5.35. The van der Waals surface area contributed by atoms with Crippen LogP contribution in [0.25, 0.3) is 0 Å². The van der Waals surface area contributed by atoms with E-state index in [2.05, 4.69) is 14.9 Å². The van der Waals surface area contributed by atoms with E-state index in [0.29, 0.717) is 11.4 Å². The molecule has 4 rings (SSSR count). The Bertz CT molecular complexity index is 1250. The molecule has 0 atom stereocenters. The molecule has 8 heteroatoms. The summed E-state index contributed by atoms with van der Waals surface area (Å²) in [5.41, 5.74) is 3.16. The van der Waals surface area contributed by atoms with Gasteiger partial charge in [-0.25, -0.2) is 8.42 Å². The summed E-state index contributed by atoms with van der Waals surface area (Å²) in [5, 5.41) is 3.69. The third-order valence-electron chi connectivity index (χ3n) is 6.01. The minimum atomic E-state index is -3.71. The third kappa shape index (κ3) is 6.17. The summed E-state index contributed by atoms with van der Waals surface area (Å²) in [5.74, 6) is -0.111. The van der Waals surface area contributed by atoms with Crippen molar-refractivity contribution in [3.63, 3.8) is 0 Å². The van der Waals surface area contributed by atoms with Gasteiger partial charge in [0.2, 0.25) is 5.91 Å². The van der Waals surface area contributed by atoms with Gasteiger partial charge >= 0.3 is 0 Å². The number of nitrogens with one attached hydrogen (secondary N) is 2. The molecule has 0 radical (unpaired) electrons. The standard InChI is InChI=1S/C26H28ClN3O3S/c1-19-5-4-7-23(17-19)29-34(32,33)24-11-9-22(10-12-24)28-26(31)20-13-15-30(16-14-20)18-21-6-2-3-8-25(21)27/h2-12,17,20,29H,13-16,18H2,1H3,(H,28,31). The first-order valence-electron chi connectivity index (χ1n) is 11.3. The van der Waals surface area contributed by atoms with Crippen LogP contribution in [0.3, 0.4) is 0 Å². The number of hydrogen-bond acceptors (Lipinski definition) is 4. The number of likely N-dealkylation sites (tertiary alicyclic amines) is 1. The highest BCUT2D eigenvalue weighted by molar-refractivity contribution is 7.92. The van der Waals surface area contributed by atoms with Crippen LogP contribution < -0.4 is 10.0 Å². The van der Waals surface area contributed by atoms with Crippen LogP contribution in [-0.2, 0) is 21.4 Å². The Morgan fingerprint density at radius 2 is 1.68 bits per heavy atom. The minimum Gasteiger partial charge on any atom is -0.326 e. The van der Waals surface area contributed by atoms with E-state index in [9.17, 15) is 13.2 Å². The first-order valence-corrected chi connectivity index (χ1v) is 13.1. The van der Waals surface area contributed by atoms with Gasteiger partial charge in [-0.05, 0) is 86.4 Å². The Hall–Kier alpha value is -2.87. The van der Waals surface area contributed by atoms with E-state index in [1.807, 2.05) is 37.3 Å². The zero-order chi connectivity index (χ0) is 24.1. The van der Waals surface area contributed by atoms with Crippen LogP contribution in [0.4, 0.5) is 11.4 Å². The summed E-state index contributed by atoms with van der Waals surface area (Å²) in [4.78, 5) is 15.2. The van der Waals surface area contributed by atoms with Crippen molar-refractivity contribution in [2.24, 2.45) is 5.92 Å². The zero-order valence-electron chi connectivity index (χ0n) is 19.0. The molecule has 3 aromatic rings. The van der Waals surface area contributed by atoms with Crippen molar-refractivity contribution < 1.29 is 13.2 Å². The van der Waals surface area contributed by atoms with E-state index in [4.69, 9.17) is 11.6 Å². The number of carbonyl (C=O) groups is 1. The molecule has 34 heavy (non-hydrogen) atoms. The Morgan fingerprint density at radius 3 is 2.35 bits per heavy atom. The average molecular weight is 498 g/mol. The lowest BCUT2D eigenvalue weighted by atomic mass is 9.95. The fraction of sp³-hybridized carbons (Fsp3) is 0.269. The molecule has 0 bridgehead atoms. The molecule has 2 N–H and O–H groups in total. The molecule has 0 saturated carbocycles. The van der Waals surface area contributed by atoms with Gasteiger partial charge in [-0.2, -0.15) is 0 Å². The SMILES string of the molecule is Cc1cccc(NS(=O)(=O)c2ccc(NC(=O)C3CCN(Cc4ccccc4Cl)CC3)cc2)c1. The van der Waals surface area contributed by atoms with Crippen LogP contribution in [0.1, 0.15) is 24.0 Å². The maximum Gasteiger partial charge on any atom is 0.261 e. The summed E-state index contributed by atoms with van der Waals surface area (Å²) in [6.07, 6.45) is 1.53. The normalized spacial score (nSPS) is 15.1.